The Morgan fingerprint density at radius 1 is 1.06 bits per heavy atom. The molecule has 0 saturated carbocycles. The third-order valence-electron chi connectivity index (χ3n) is 3.46. The Labute approximate surface area is 107 Å². The highest BCUT2D eigenvalue weighted by molar-refractivity contribution is 5.28. The lowest BCUT2D eigenvalue weighted by atomic mass is 10.0. The van der Waals surface area contributed by atoms with Crippen LogP contribution in [0.5, 0.6) is 0 Å². The van der Waals surface area contributed by atoms with Crippen molar-refractivity contribution in [2.45, 2.75) is 25.8 Å². The van der Waals surface area contributed by atoms with Gasteiger partial charge >= 0.3 is 0 Å². The predicted octanol–water partition coefficient (Wildman–Crippen LogP) is 1.91. The Bertz CT molecular complexity index is 523. The molecule has 0 spiro atoms. The minimum absolute atomic E-state index is 0.917. The first-order valence-electron chi connectivity index (χ1n) is 6.50. The van der Waals surface area contributed by atoms with Crippen molar-refractivity contribution in [1.82, 2.24) is 15.3 Å². The Morgan fingerprint density at radius 2 is 1.94 bits per heavy atom. The van der Waals surface area contributed by atoms with Crippen LogP contribution in [0.1, 0.15) is 22.5 Å². The van der Waals surface area contributed by atoms with E-state index < -0.39 is 0 Å². The van der Waals surface area contributed by atoms with Gasteiger partial charge in [0.05, 0.1) is 0 Å². The second-order valence-corrected chi connectivity index (χ2v) is 4.66. The van der Waals surface area contributed by atoms with E-state index in [1.165, 1.54) is 22.5 Å². The Kier molecular flexibility index (Phi) is 3.33. The summed E-state index contributed by atoms with van der Waals surface area (Å²) in [5, 5.41) is 3.40. The van der Waals surface area contributed by atoms with Gasteiger partial charge in [0, 0.05) is 36.5 Å². The molecule has 1 aromatic heterocycles. The number of fused-ring (bicyclic) bond motifs is 1. The SMILES string of the molecule is c1ccc(CCc2ncnc3c2CNCC3)cc1. The van der Waals surface area contributed by atoms with E-state index in [9.17, 15) is 0 Å². The summed E-state index contributed by atoms with van der Waals surface area (Å²) in [4.78, 5) is 8.84. The number of aryl methyl sites for hydroxylation is 2. The van der Waals surface area contributed by atoms with Crippen LogP contribution in [-0.4, -0.2) is 16.5 Å². The van der Waals surface area contributed by atoms with Crippen LogP contribution in [-0.2, 0) is 25.8 Å². The Morgan fingerprint density at radius 3 is 2.83 bits per heavy atom. The van der Waals surface area contributed by atoms with Crippen LogP contribution in [0.15, 0.2) is 36.7 Å². The van der Waals surface area contributed by atoms with E-state index in [-0.39, 0.29) is 0 Å². The van der Waals surface area contributed by atoms with Crippen molar-refractivity contribution in [2.75, 3.05) is 6.54 Å². The molecule has 1 N–H and O–H groups in total. The fourth-order valence-electron chi connectivity index (χ4n) is 2.45. The first-order valence-corrected chi connectivity index (χ1v) is 6.50. The van der Waals surface area contributed by atoms with E-state index in [0.29, 0.717) is 0 Å². The van der Waals surface area contributed by atoms with Gasteiger partial charge in [-0.1, -0.05) is 30.3 Å². The lowest BCUT2D eigenvalue weighted by Gasteiger charge is -2.18. The zero-order chi connectivity index (χ0) is 12.2. The maximum atomic E-state index is 4.46. The molecule has 0 bridgehead atoms. The molecule has 0 aliphatic carbocycles. The van der Waals surface area contributed by atoms with E-state index in [4.69, 9.17) is 0 Å². The van der Waals surface area contributed by atoms with Gasteiger partial charge in [-0.3, -0.25) is 0 Å². The van der Waals surface area contributed by atoms with Gasteiger partial charge in [0.1, 0.15) is 6.33 Å². The predicted molar refractivity (Wildman–Crippen MR) is 71.3 cm³/mol. The van der Waals surface area contributed by atoms with Crippen molar-refractivity contribution in [3.05, 3.63) is 59.2 Å². The number of rotatable bonds is 3. The third-order valence-corrected chi connectivity index (χ3v) is 3.46. The summed E-state index contributed by atoms with van der Waals surface area (Å²) in [6, 6.07) is 10.6. The fourth-order valence-corrected chi connectivity index (χ4v) is 2.45. The van der Waals surface area contributed by atoms with Crippen molar-refractivity contribution in [3.8, 4) is 0 Å². The number of aromatic nitrogens is 2. The quantitative estimate of drug-likeness (QED) is 0.889. The molecule has 0 radical (unpaired) electrons. The summed E-state index contributed by atoms with van der Waals surface area (Å²) >= 11 is 0. The maximum Gasteiger partial charge on any atom is 0.115 e. The molecule has 1 aliphatic rings. The molecular formula is C15H17N3. The summed E-state index contributed by atoms with van der Waals surface area (Å²) in [7, 11) is 0. The summed E-state index contributed by atoms with van der Waals surface area (Å²) in [5.41, 5.74) is 5.12. The molecule has 0 unspecified atom stereocenters. The summed E-state index contributed by atoms with van der Waals surface area (Å²) in [5.74, 6) is 0. The first kappa shape index (κ1) is 11.4. The molecule has 0 atom stereocenters. The van der Waals surface area contributed by atoms with Crippen LogP contribution in [0.25, 0.3) is 0 Å². The molecule has 2 aromatic rings. The highest BCUT2D eigenvalue weighted by Crippen LogP contribution is 2.16. The average Bonchev–Trinajstić information content (AvgIpc) is 2.46. The summed E-state index contributed by atoms with van der Waals surface area (Å²) in [6.07, 6.45) is 4.78. The minimum Gasteiger partial charge on any atom is -0.312 e. The first-order chi connectivity index (χ1) is 8.93. The number of nitrogens with one attached hydrogen (secondary N) is 1. The van der Waals surface area contributed by atoms with Gasteiger partial charge in [-0.15, -0.1) is 0 Å². The van der Waals surface area contributed by atoms with Crippen LogP contribution in [0.4, 0.5) is 0 Å². The van der Waals surface area contributed by atoms with Crippen molar-refractivity contribution < 1.29 is 0 Å². The van der Waals surface area contributed by atoms with Crippen molar-refractivity contribution in [1.29, 1.82) is 0 Å². The van der Waals surface area contributed by atoms with E-state index in [0.717, 1.165) is 32.4 Å². The molecule has 1 aromatic carbocycles. The maximum absolute atomic E-state index is 4.46. The summed E-state index contributed by atoms with van der Waals surface area (Å²) in [6.45, 7) is 1.95. The normalized spacial score (nSPS) is 14.2. The van der Waals surface area contributed by atoms with Crippen LogP contribution in [0, 0.1) is 0 Å². The molecule has 1 aliphatic heterocycles. The number of hydrogen-bond acceptors (Lipinski definition) is 3. The van der Waals surface area contributed by atoms with E-state index in [1.54, 1.807) is 6.33 Å². The number of hydrogen-bond donors (Lipinski definition) is 1. The molecule has 0 amide bonds. The van der Waals surface area contributed by atoms with Gasteiger partial charge in [-0.25, -0.2) is 9.97 Å². The molecule has 3 rings (SSSR count). The van der Waals surface area contributed by atoms with Crippen LogP contribution in [0.2, 0.25) is 0 Å². The molecule has 0 saturated heterocycles. The molecule has 2 heterocycles. The van der Waals surface area contributed by atoms with Crippen LogP contribution < -0.4 is 5.32 Å². The van der Waals surface area contributed by atoms with Crippen molar-refractivity contribution in [2.24, 2.45) is 0 Å². The van der Waals surface area contributed by atoms with Crippen molar-refractivity contribution >= 4 is 0 Å². The molecular weight excluding hydrogens is 222 g/mol. The van der Waals surface area contributed by atoms with E-state index >= 15 is 0 Å². The van der Waals surface area contributed by atoms with Crippen LogP contribution in [0.3, 0.4) is 0 Å². The lowest BCUT2D eigenvalue weighted by molar-refractivity contribution is 0.615. The Balaban J connectivity index is 1.77. The highest BCUT2D eigenvalue weighted by atomic mass is 14.9. The standard InChI is InChI=1S/C15H17N3/c1-2-4-12(5-3-1)6-7-14-13-10-16-9-8-15(13)18-11-17-14/h1-5,11,16H,6-10H2. The molecule has 92 valence electrons. The smallest absolute Gasteiger partial charge is 0.115 e. The second-order valence-electron chi connectivity index (χ2n) is 4.66. The van der Waals surface area contributed by atoms with E-state index in [1.807, 2.05) is 0 Å². The average molecular weight is 239 g/mol. The number of benzene rings is 1. The molecule has 0 fully saturated rings. The zero-order valence-electron chi connectivity index (χ0n) is 10.4. The minimum atomic E-state index is 0.917. The molecule has 3 heteroatoms. The van der Waals surface area contributed by atoms with Crippen molar-refractivity contribution in [3.63, 3.8) is 0 Å². The monoisotopic (exact) mass is 239 g/mol. The van der Waals surface area contributed by atoms with Gasteiger partial charge < -0.3 is 5.32 Å². The third kappa shape index (κ3) is 2.41. The van der Waals surface area contributed by atoms with Gasteiger partial charge in [0.2, 0.25) is 0 Å². The van der Waals surface area contributed by atoms with Gasteiger partial charge in [0.15, 0.2) is 0 Å². The zero-order valence-corrected chi connectivity index (χ0v) is 10.4. The van der Waals surface area contributed by atoms with Gasteiger partial charge in [-0.05, 0) is 18.4 Å². The molecule has 3 nitrogen and oxygen atoms in total. The van der Waals surface area contributed by atoms with Gasteiger partial charge in [0.25, 0.3) is 0 Å². The Hall–Kier alpha value is -1.74. The largest absolute Gasteiger partial charge is 0.312 e. The van der Waals surface area contributed by atoms with Gasteiger partial charge in [-0.2, -0.15) is 0 Å². The van der Waals surface area contributed by atoms with Crippen LogP contribution >= 0.6 is 0 Å². The topological polar surface area (TPSA) is 37.8 Å². The molecule has 18 heavy (non-hydrogen) atoms. The second kappa shape index (κ2) is 5.27. The number of nitrogens with zero attached hydrogens (tertiary/aromatic N) is 2. The van der Waals surface area contributed by atoms with E-state index in [2.05, 4.69) is 45.6 Å². The summed E-state index contributed by atoms with van der Waals surface area (Å²) < 4.78 is 0. The highest BCUT2D eigenvalue weighted by Gasteiger charge is 2.14. The lowest BCUT2D eigenvalue weighted by Crippen LogP contribution is -2.26. The fraction of sp³-hybridized carbons (Fsp3) is 0.333.